The molecule has 0 unspecified atom stereocenters. The molecule has 0 aliphatic carbocycles. The maximum atomic E-state index is 10.6. The standard InChI is InChI=1S/C23H18BrClO3S/c24-18-8-6-17(7-9-18)20(16-4-2-1-3-5-16)12-13-29-19-10-11-22(21(25)14-19)28-15-23(26)27/h1-12,14H,13,15H2,(H,26,27)/b20-12-. The van der Waals surface area contributed by atoms with Gasteiger partial charge in [-0.05, 0) is 47.0 Å². The molecular weight excluding hydrogens is 472 g/mol. The van der Waals surface area contributed by atoms with Crippen LogP contribution >= 0.6 is 39.3 Å². The highest BCUT2D eigenvalue weighted by atomic mass is 79.9. The van der Waals surface area contributed by atoms with Crippen molar-refractivity contribution in [3.63, 3.8) is 0 Å². The summed E-state index contributed by atoms with van der Waals surface area (Å²) in [5.74, 6) is 0.0891. The van der Waals surface area contributed by atoms with E-state index in [1.807, 2.05) is 36.4 Å². The summed E-state index contributed by atoms with van der Waals surface area (Å²) in [7, 11) is 0. The normalized spacial score (nSPS) is 11.3. The highest BCUT2D eigenvalue weighted by Gasteiger charge is 2.07. The SMILES string of the molecule is O=C(O)COc1ccc(SC/C=C(/c2ccccc2)c2ccc(Br)cc2)cc1Cl. The average molecular weight is 490 g/mol. The molecule has 3 aromatic carbocycles. The third kappa shape index (κ3) is 6.39. The molecule has 0 radical (unpaired) electrons. The van der Waals surface area contributed by atoms with Gasteiger partial charge < -0.3 is 9.84 Å². The minimum Gasteiger partial charge on any atom is -0.480 e. The van der Waals surface area contributed by atoms with Gasteiger partial charge in [0.1, 0.15) is 5.75 Å². The number of thioether (sulfide) groups is 1. The summed E-state index contributed by atoms with van der Waals surface area (Å²) >= 11 is 11.3. The lowest BCUT2D eigenvalue weighted by Crippen LogP contribution is -2.09. The Morgan fingerprint density at radius 2 is 1.72 bits per heavy atom. The molecule has 0 aliphatic heterocycles. The lowest BCUT2D eigenvalue weighted by atomic mass is 9.98. The summed E-state index contributed by atoms with van der Waals surface area (Å²) in [6.45, 7) is -0.414. The fourth-order valence-corrected chi connectivity index (χ4v) is 4.07. The van der Waals surface area contributed by atoms with Gasteiger partial charge in [0, 0.05) is 15.1 Å². The Labute approximate surface area is 187 Å². The largest absolute Gasteiger partial charge is 0.480 e. The van der Waals surface area contributed by atoms with Crippen molar-refractivity contribution in [1.82, 2.24) is 0 Å². The van der Waals surface area contributed by atoms with Gasteiger partial charge in [0.2, 0.25) is 0 Å². The highest BCUT2D eigenvalue weighted by Crippen LogP contribution is 2.31. The molecule has 1 N–H and O–H groups in total. The Morgan fingerprint density at radius 3 is 2.38 bits per heavy atom. The number of carbonyl (C=O) groups is 1. The molecular formula is C23H18BrClO3S. The van der Waals surface area contributed by atoms with Crippen LogP contribution in [0.15, 0.2) is 88.2 Å². The number of halogens is 2. The van der Waals surface area contributed by atoms with Gasteiger partial charge >= 0.3 is 5.97 Å². The van der Waals surface area contributed by atoms with Crippen LogP contribution in [-0.2, 0) is 4.79 Å². The number of carboxylic acid groups (broad SMARTS) is 1. The third-order valence-electron chi connectivity index (χ3n) is 4.03. The van der Waals surface area contributed by atoms with Crippen LogP contribution in [0.1, 0.15) is 11.1 Å². The molecule has 3 aromatic rings. The maximum Gasteiger partial charge on any atom is 0.341 e. The molecule has 0 saturated heterocycles. The summed E-state index contributed by atoms with van der Waals surface area (Å²) in [5.41, 5.74) is 3.47. The summed E-state index contributed by atoms with van der Waals surface area (Å²) in [6.07, 6.45) is 2.20. The Kier molecular flexibility index (Phi) is 7.81. The van der Waals surface area contributed by atoms with Gasteiger partial charge in [0.15, 0.2) is 6.61 Å². The molecule has 3 rings (SSSR count). The van der Waals surface area contributed by atoms with E-state index in [-0.39, 0.29) is 0 Å². The van der Waals surface area contributed by atoms with Gasteiger partial charge in [0.25, 0.3) is 0 Å². The molecule has 0 fully saturated rings. The van der Waals surface area contributed by atoms with E-state index < -0.39 is 12.6 Å². The van der Waals surface area contributed by atoms with E-state index in [0.717, 1.165) is 31.8 Å². The van der Waals surface area contributed by atoms with E-state index in [4.69, 9.17) is 21.4 Å². The van der Waals surface area contributed by atoms with Gasteiger partial charge in [-0.15, -0.1) is 11.8 Å². The molecule has 6 heteroatoms. The fourth-order valence-electron chi connectivity index (χ4n) is 2.70. The number of rotatable bonds is 8. The number of benzene rings is 3. The number of ether oxygens (including phenoxy) is 1. The summed E-state index contributed by atoms with van der Waals surface area (Å²) < 4.78 is 6.21. The molecule has 0 aliphatic rings. The Balaban J connectivity index is 1.75. The number of carboxylic acids is 1. The van der Waals surface area contributed by atoms with E-state index in [1.165, 1.54) is 0 Å². The van der Waals surface area contributed by atoms with Crippen molar-refractivity contribution in [2.75, 3.05) is 12.4 Å². The van der Waals surface area contributed by atoms with Gasteiger partial charge in [-0.3, -0.25) is 0 Å². The Hall–Kier alpha value is -2.21. The topological polar surface area (TPSA) is 46.5 Å². The highest BCUT2D eigenvalue weighted by molar-refractivity contribution is 9.10. The molecule has 0 heterocycles. The van der Waals surface area contributed by atoms with Gasteiger partial charge in [-0.25, -0.2) is 4.79 Å². The zero-order valence-electron chi connectivity index (χ0n) is 15.3. The Morgan fingerprint density at radius 1 is 1.03 bits per heavy atom. The first-order valence-corrected chi connectivity index (χ1v) is 11.0. The van der Waals surface area contributed by atoms with E-state index in [0.29, 0.717) is 10.8 Å². The molecule has 0 spiro atoms. The third-order valence-corrected chi connectivity index (χ3v) is 5.78. The van der Waals surface area contributed by atoms with Crippen molar-refractivity contribution in [2.24, 2.45) is 0 Å². The van der Waals surface area contributed by atoms with Crippen molar-refractivity contribution in [3.05, 3.63) is 99.5 Å². The van der Waals surface area contributed by atoms with E-state index in [9.17, 15) is 4.79 Å². The zero-order valence-corrected chi connectivity index (χ0v) is 18.5. The van der Waals surface area contributed by atoms with Crippen LogP contribution in [0.2, 0.25) is 5.02 Å². The van der Waals surface area contributed by atoms with Gasteiger partial charge in [0.05, 0.1) is 5.02 Å². The van der Waals surface area contributed by atoms with Crippen molar-refractivity contribution < 1.29 is 14.6 Å². The first-order valence-electron chi connectivity index (χ1n) is 8.81. The second kappa shape index (κ2) is 10.5. The predicted molar refractivity (Wildman–Crippen MR) is 123 cm³/mol. The van der Waals surface area contributed by atoms with Crippen LogP contribution in [0.25, 0.3) is 5.57 Å². The van der Waals surface area contributed by atoms with Crippen LogP contribution in [-0.4, -0.2) is 23.4 Å². The van der Waals surface area contributed by atoms with Crippen LogP contribution < -0.4 is 4.74 Å². The van der Waals surface area contributed by atoms with Crippen LogP contribution in [0.3, 0.4) is 0 Å². The quantitative estimate of drug-likeness (QED) is 0.354. The second-order valence-corrected chi connectivity index (χ2v) is 8.49. The van der Waals surface area contributed by atoms with Crippen LogP contribution in [0, 0.1) is 0 Å². The molecule has 0 atom stereocenters. The number of hydrogen-bond acceptors (Lipinski definition) is 3. The van der Waals surface area contributed by atoms with E-state index in [1.54, 1.807) is 23.9 Å². The first-order chi connectivity index (χ1) is 14.0. The number of hydrogen-bond donors (Lipinski definition) is 1. The molecule has 0 amide bonds. The summed E-state index contributed by atoms with van der Waals surface area (Å²) in [4.78, 5) is 11.6. The second-order valence-electron chi connectivity index (χ2n) is 6.08. The number of aliphatic carboxylic acids is 1. The molecule has 3 nitrogen and oxygen atoms in total. The Bertz CT molecular complexity index is 1000. The fraction of sp³-hybridized carbons (Fsp3) is 0.0870. The monoisotopic (exact) mass is 488 g/mol. The first kappa shape index (κ1) is 21.5. The van der Waals surface area contributed by atoms with Crippen molar-refractivity contribution in [1.29, 1.82) is 0 Å². The molecule has 29 heavy (non-hydrogen) atoms. The predicted octanol–water partition coefficient (Wildman–Crippen LogP) is 6.79. The molecule has 0 aromatic heterocycles. The van der Waals surface area contributed by atoms with Crippen LogP contribution in [0.5, 0.6) is 5.75 Å². The zero-order chi connectivity index (χ0) is 20.6. The lowest BCUT2D eigenvalue weighted by Gasteiger charge is -2.10. The van der Waals surface area contributed by atoms with Crippen molar-refractivity contribution in [2.45, 2.75) is 4.90 Å². The summed E-state index contributed by atoms with van der Waals surface area (Å²) in [6, 6.07) is 23.9. The van der Waals surface area contributed by atoms with Gasteiger partial charge in [-0.1, -0.05) is 76.1 Å². The minimum absolute atomic E-state index is 0.369. The van der Waals surface area contributed by atoms with Crippen molar-refractivity contribution >= 4 is 50.8 Å². The van der Waals surface area contributed by atoms with Gasteiger partial charge in [-0.2, -0.15) is 0 Å². The molecule has 0 saturated carbocycles. The smallest absolute Gasteiger partial charge is 0.341 e. The van der Waals surface area contributed by atoms with E-state index in [2.05, 4.69) is 46.3 Å². The maximum absolute atomic E-state index is 10.6. The summed E-state index contributed by atoms with van der Waals surface area (Å²) in [5, 5.41) is 9.11. The average Bonchev–Trinajstić information content (AvgIpc) is 2.72. The van der Waals surface area contributed by atoms with Crippen molar-refractivity contribution in [3.8, 4) is 5.75 Å². The van der Waals surface area contributed by atoms with E-state index >= 15 is 0 Å². The lowest BCUT2D eigenvalue weighted by molar-refractivity contribution is -0.139. The minimum atomic E-state index is -1.04. The molecule has 0 bridgehead atoms. The van der Waals surface area contributed by atoms with Crippen LogP contribution in [0.4, 0.5) is 0 Å². The molecule has 148 valence electrons.